The van der Waals surface area contributed by atoms with E-state index in [0.717, 1.165) is 4.47 Å². The summed E-state index contributed by atoms with van der Waals surface area (Å²) in [6.45, 7) is -0.957. The van der Waals surface area contributed by atoms with E-state index in [4.69, 9.17) is 5.11 Å². The van der Waals surface area contributed by atoms with Crippen LogP contribution in [0.25, 0.3) is 0 Å². The Labute approximate surface area is 117 Å². The molecule has 7 nitrogen and oxygen atoms in total. The average molecular weight is 331 g/mol. The molecule has 0 bridgehead atoms. The predicted octanol–water partition coefficient (Wildman–Crippen LogP) is 0.311. The van der Waals surface area contributed by atoms with Gasteiger partial charge in [0.25, 0.3) is 11.8 Å². The van der Waals surface area contributed by atoms with Gasteiger partial charge in [0.05, 0.1) is 6.54 Å². The average Bonchev–Trinajstić information content (AvgIpc) is 2.36. The Balaban J connectivity index is 2.31. The predicted molar refractivity (Wildman–Crippen MR) is 68.2 cm³/mol. The number of halogens is 1. The lowest BCUT2D eigenvalue weighted by Crippen LogP contribution is -2.37. The van der Waals surface area contributed by atoms with Crippen molar-refractivity contribution in [3.63, 3.8) is 0 Å². The Hall–Kier alpha value is -1.93. The highest BCUT2D eigenvalue weighted by Crippen LogP contribution is 2.10. The molecule has 0 aliphatic heterocycles. The lowest BCUT2D eigenvalue weighted by atomic mass is 10.2. The number of nitrogens with one attached hydrogen (secondary N) is 2. The number of carboxylic acids is 1. The van der Waals surface area contributed by atoms with Crippen LogP contribution >= 0.6 is 15.9 Å². The number of carboxylic acid groups (broad SMARTS) is 1. The lowest BCUT2D eigenvalue weighted by molar-refractivity contribution is -0.148. The van der Waals surface area contributed by atoms with Gasteiger partial charge in [0.2, 0.25) is 0 Å². The quantitative estimate of drug-likeness (QED) is 0.651. The molecule has 0 saturated carbocycles. The molecule has 2 amide bonds. The highest BCUT2D eigenvalue weighted by molar-refractivity contribution is 9.10. The van der Waals surface area contributed by atoms with E-state index in [0.29, 0.717) is 5.56 Å². The summed E-state index contributed by atoms with van der Waals surface area (Å²) in [6.07, 6.45) is 0. The third-order valence-electron chi connectivity index (χ3n) is 1.90. The van der Waals surface area contributed by atoms with Gasteiger partial charge >= 0.3 is 5.97 Å². The first-order chi connectivity index (χ1) is 8.99. The molecule has 0 aliphatic carbocycles. The van der Waals surface area contributed by atoms with Crippen molar-refractivity contribution in [3.8, 4) is 0 Å². The standard InChI is InChI=1S/C11H11BrN2O5/c12-8-3-1-7(2-4-8)11(18)13-5-9(15)14-19-6-10(16)17/h1-4H,5-6H2,(H,13,18)(H,14,15)(H,16,17). The molecule has 0 fully saturated rings. The normalized spacial score (nSPS) is 9.74. The van der Waals surface area contributed by atoms with Crippen molar-refractivity contribution < 1.29 is 24.3 Å². The Bertz CT molecular complexity index is 474. The minimum Gasteiger partial charge on any atom is -0.479 e. The zero-order valence-corrected chi connectivity index (χ0v) is 11.3. The number of amides is 2. The van der Waals surface area contributed by atoms with Crippen molar-refractivity contribution in [2.75, 3.05) is 13.2 Å². The second-order valence-corrected chi connectivity index (χ2v) is 4.31. The van der Waals surface area contributed by atoms with E-state index in [1.165, 1.54) is 0 Å². The van der Waals surface area contributed by atoms with Crippen molar-refractivity contribution in [1.82, 2.24) is 10.8 Å². The Morgan fingerprint density at radius 1 is 1.21 bits per heavy atom. The van der Waals surface area contributed by atoms with Gasteiger partial charge in [0.1, 0.15) is 0 Å². The fourth-order valence-electron chi connectivity index (χ4n) is 1.08. The molecule has 1 aromatic carbocycles. The van der Waals surface area contributed by atoms with Crippen molar-refractivity contribution in [2.24, 2.45) is 0 Å². The first kappa shape index (κ1) is 15.1. The summed E-state index contributed by atoms with van der Waals surface area (Å²) < 4.78 is 0.837. The molecule has 19 heavy (non-hydrogen) atoms. The van der Waals surface area contributed by atoms with E-state index in [9.17, 15) is 14.4 Å². The summed E-state index contributed by atoms with van der Waals surface area (Å²) in [5, 5.41) is 10.6. The summed E-state index contributed by atoms with van der Waals surface area (Å²) in [7, 11) is 0. The van der Waals surface area contributed by atoms with Gasteiger partial charge in [-0.15, -0.1) is 0 Å². The van der Waals surface area contributed by atoms with Gasteiger partial charge in [-0.05, 0) is 24.3 Å². The molecule has 3 N–H and O–H groups in total. The molecular weight excluding hydrogens is 320 g/mol. The largest absolute Gasteiger partial charge is 0.479 e. The van der Waals surface area contributed by atoms with Crippen LogP contribution in [0.15, 0.2) is 28.7 Å². The maximum atomic E-state index is 11.6. The van der Waals surface area contributed by atoms with E-state index in [2.05, 4.69) is 26.1 Å². The van der Waals surface area contributed by atoms with E-state index in [1.807, 2.05) is 5.48 Å². The van der Waals surface area contributed by atoms with Crippen LogP contribution in [-0.4, -0.2) is 36.0 Å². The Kier molecular flexibility index (Phi) is 5.97. The molecule has 8 heteroatoms. The van der Waals surface area contributed by atoms with Crippen LogP contribution in [0.4, 0.5) is 0 Å². The molecule has 1 aromatic rings. The maximum absolute atomic E-state index is 11.6. The third kappa shape index (κ3) is 5.98. The van der Waals surface area contributed by atoms with Crippen molar-refractivity contribution in [3.05, 3.63) is 34.3 Å². The topological polar surface area (TPSA) is 105 Å². The number of hydrogen-bond acceptors (Lipinski definition) is 4. The van der Waals surface area contributed by atoms with Gasteiger partial charge in [0, 0.05) is 10.0 Å². The molecule has 0 aliphatic rings. The zero-order valence-electron chi connectivity index (χ0n) is 9.68. The maximum Gasteiger partial charge on any atom is 0.332 e. The number of carbonyl (C=O) groups is 3. The van der Waals surface area contributed by atoms with Crippen LogP contribution in [0.5, 0.6) is 0 Å². The molecule has 0 radical (unpaired) electrons. The van der Waals surface area contributed by atoms with E-state index < -0.39 is 24.4 Å². The van der Waals surface area contributed by atoms with Crippen LogP contribution < -0.4 is 10.8 Å². The van der Waals surface area contributed by atoms with Crippen molar-refractivity contribution in [1.29, 1.82) is 0 Å². The number of aliphatic carboxylic acids is 1. The zero-order chi connectivity index (χ0) is 14.3. The van der Waals surface area contributed by atoms with Gasteiger partial charge in [-0.3, -0.25) is 14.4 Å². The second kappa shape index (κ2) is 7.49. The molecule has 0 aromatic heterocycles. The number of carbonyl (C=O) groups excluding carboxylic acids is 2. The molecule has 0 unspecified atom stereocenters. The Morgan fingerprint density at radius 2 is 1.84 bits per heavy atom. The van der Waals surface area contributed by atoms with Crippen LogP contribution in [-0.2, 0) is 14.4 Å². The van der Waals surface area contributed by atoms with Crippen LogP contribution in [0, 0.1) is 0 Å². The number of benzene rings is 1. The minimum atomic E-state index is -1.21. The van der Waals surface area contributed by atoms with Crippen LogP contribution in [0.2, 0.25) is 0 Å². The number of hydrogen-bond donors (Lipinski definition) is 3. The van der Waals surface area contributed by atoms with Crippen molar-refractivity contribution >= 4 is 33.7 Å². The molecular formula is C11H11BrN2O5. The fourth-order valence-corrected chi connectivity index (χ4v) is 1.34. The number of rotatable bonds is 6. The van der Waals surface area contributed by atoms with Crippen molar-refractivity contribution in [2.45, 2.75) is 0 Å². The summed E-state index contributed by atoms with van der Waals surface area (Å²) >= 11 is 3.24. The molecule has 102 valence electrons. The Morgan fingerprint density at radius 3 is 2.42 bits per heavy atom. The summed E-state index contributed by atoms with van der Waals surface area (Å²) in [4.78, 5) is 37.2. The van der Waals surface area contributed by atoms with Crippen LogP contribution in [0.3, 0.4) is 0 Å². The van der Waals surface area contributed by atoms with Gasteiger partial charge in [-0.1, -0.05) is 15.9 Å². The first-order valence-electron chi connectivity index (χ1n) is 5.15. The smallest absolute Gasteiger partial charge is 0.332 e. The molecule has 0 spiro atoms. The fraction of sp³-hybridized carbons (Fsp3) is 0.182. The molecule has 0 heterocycles. The van der Waals surface area contributed by atoms with Gasteiger partial charge in [-0.2, -0.15) is 0 Å². The lowest BCUT2D eigenvalue weighted by Gasteiger charge is -2.06. The highest BCUT2D eigenvalue weighted by Gasteiger charge is 2.08. The summed E-state index contributed by atoms with van der Waals surface area (Å²) in [5.74, 6) is -2.27. The van der Waals surface area contributed by atoms with E-state index >= 15 is 0 Å². The monoisotopic (exact) mass is 330 g/mol. The first-order valence-corrected chi connectivity index (χ1v) is 5.94. The van der Waals surface area contributed by atoms with Crippen LogP contribution in [0.1, 0.15) is 10.4 Å². The minimum absolute atomic E-state index is 0.311. The van der Waals surface area contributed by atoms with Gasteiger partial charge in [-0.25, -0.2) is 10.3 Å². The molecule has 1 rings (SSSR count). The van der Waals surface area contributed by atoms with Gasteiger partial charge in [0.15, 0.2) is 6.61 Å². The van der Waals surface area contributed by atoms with E-state index in [-0.39, 0.29) is 6.54 Å². The molecule has 0 saturated heterocycles. The third-order valence-corrected chi connectivity index (χ3v) is 2.43. The van der Waals surface area contributed by atoms with Gasteiger partial charge < -0.3 is 10.4 Å². The summed E-state index contributed by atoms with van der Waals surface area (Å²) in [5.41, 5.74) is 2.29. The summed E-state index contributed by atoms with van der Waals surface area (Å²) in [6, 6.07) is 6.59. The molecule has 0 atom stereocenters. The highest BCUT2D eigenvalue weighted by atomic mass is 79.9. The second-order valence-electron chi connectivity index (χ2n) is 3.40. The number of hydroxylamine groups is 1. The van der Waals surface area contributed by atoms with E-state index in [1.54, 1.807) is 24.3 Å². The SMILES string of the molecule is O=C(O)CONC(=O)CNC(=O)c1ccc(Br)cc1.